The zero-order valence-corrected chi connectivity index (χ0v) is 17.3. The molecule has 0 bridgehead atoms. The normalized spacial score (nSPS) is 14.7. The van der Waals surface area contributed by atoms with E-state index in [9.17, 15) is 13.2 Å². The first-order chi connectivity index (χ1) is 14.5. The van der Waals surface area contributed by atoms with Crippen LogP contribution in [0.2, 0.25) is 0 Å². The average Bonchev–Trinajstić information content (AvgIpc) is 3.22. The predicted molar refractivity (Wildman–Crippen MR) is 115 cm³/mol. The van der Waals surface area contributed by atoms with E-state index in [4.69, 9.17) is 0 Å². The molecule has 10 heteroatoms. The fraction of sp³-hybridized carbons (Fsp3) is 0.350. The number of carbonyl (C=O) groups is 1. The standard InChI is InChI=1S/C20H24N6O3S/c27-18(22-19-23-20(25-24-19)26-12-4-1-5-13-26)10-11-21-30(28,29)17-9-8-15-6-2-3-7-16(15)14-17/h2-3,6-9,14,21H,1,4-5,10-13H2,(H2,22,23,24,25,27). The minimum absolute atomic E-state index is 0.0197. The van der Waals surface area contributed by atoms with Gasteiger partial charge in [0.2, 0.25) is 27.8 Å². The Morgan fingerprint density at radius 3 is 2.63 bits per heavy atom. The third kappa shape index (κ3) is 4.77. The van der Waals surface area contributed by atoms with Gasteiger partial charge in [0.25, 0.3) is 0 Å². The molecule has 1 aromatic heterocycles. The van der Waals surface area contributed by atoms with Crippen LogP contribution in [-0.4, -0.2) is 49.1 Å². The van der Waals surface area contributed by atoms with Gasteiger partial charge in [0.05, 0.1) is 4.90 Å². The Hall–Kier alpha value is -2.98. The fourth-order valence-electron chi connectivity index (χ4n) is 3.46. The Balaban J connectivity index is 1.30. The van der Waals surface area contributed by atoms with Crippen molar-refractivity contribution in [2.45, 2.75) is 30.6 Å². The van der Waals surface area contributed by atoms with E-state index in [1.807, 2.05) is 24.3 Å². The molecule has 0 atom stereocenters. The molecule has 2 aromatic carbocycles. The molecule has 2 heterocycles. The Labute approximate surface area is 174 Å². The summed E-state index contributed by atoms with van der Waals surface area (Å²) < 4.78 is 27.5. The van der Waals surface area contributed by atoms with E-state index in [1.165, 1.54) is 6.42 Å². The Morgan fingerprint density at radius 2 is 1.83 bits per heavy atom. The van der Waals surface area contributed by atoms with Gasteiger partial charge >= 0.3 is 0 Å². The third-order valence-corrected chi connectivity index (χ3v) is 6.50. The summed E-state index contributed by atoms with van der Waals surface area (Å²) in [4.78, 5) is 18.7. The van der Waals surface area contributed by atoms with Gasteiger partial charge in [-0.15, -0.1) is 5.10 Å². The minimum atomic E-state index is -3.70. The van der Waals surface area contributed by atoms with Crippen molar-refractivity contribution in [2.75, 3.05) is 29.9 Å². The molecule has 30 heavy (non-hydrogen) atoms. The molecule has 1 saturated heterocycles. The number of aromatic amines is 1. The highest BCUT2D eigenvalue weighted by Crippen LogP contribution is 2.19. The van der Waals surface area contributed by atoms with Gasteiger partial charge in [0.1, 0.15) is 0 Å². The van der Waals surface area contributed by atoms with Crippen molar-refractivity contribution in [1.29, 1.82) is 0 Å². The number of piperidine rings is 1. The molecule has 9 nitrogen and oxygen atoms in total. The molecule has 4 rings (SSSR count). The van der Waals surface area contributed by atoms with Gasteiger partial charge in [0.15, 0.2) is 0 Å². The van der Waals surface area contributed by atoms with Crippen LogP contribution in [0.3, 0.4) is 0 Å². The van der Waals surface area contributed by atoms with E-state index in [0.717, 1.165) is 36.7 Å². The average molecular weight is 429 g/mol. The van der Waals surface area contributed by atoms with Crippen LogP contribution in [0, 0.1) is 0 Å². The smallest absolute Gasteiger partial charge is 0.246 e. The van der Waals surface area contributed by atoms with Crippen LogP contribution in [0.5, 0.6) is 0 Å². The molecule has 1 fully saturated rings. The molecule has 0 spiro atoms. The largest absolute Gasteiger partial charge is 0.340 e. The first kappa shape index (κ1) is 20.3. The Bertz CT molecular complexity index is 1140. The number of carbonyl (C=O) groups excluding carboxylic acids is 1. The van der Waals surface area contributed by atoms with Crippen molar-refractivity contribution >= 4 is 38.6 Å². The second-order valence-electron chi connectivity index (χ2n) is 7.24. The van der Waals surface area contributed by atoms with Crippen molar-refractivity contribution < 1.29 is 13.2 Å². The van der Waals surface area contributed by atoms with Gasteiger partial charge in [-0.05, 0) is 42.2 Å². The number of benzene rings is 2. The molecule has 158 valence electrons. The lowest BCUT2D eigenvalue weighted by atomic mass is 10.1. The van der Waals surface area contributed by atoms with Crippen LogP contribution in [-0.2, 0) is 14.8 Å². The molecular weight excluding hydrogens is 404 g/mol. The lowest BCUT2D eigenvalue weighted by Gasteiger charge is -2.24. The van der Waals surface area contributed by atoms with Crippen molar-refractivity contribution in [3.63, 3.8) is 0 Å². The minimum Gasteiger partial charge on any atom is -0.340 e. The zero-order chi connectivity index (χ0) is 21.0. The van der Waals surface area contributed by atoms with Crippen LogP contribution in [0.15, 0.2) is 47.4 Å². The highest BCUT2D eigenvalue weighted by Gasteiger charge is 2.17. The topological polar surface area (TPSA) is 120 Å². The second-order valence-corrected chi connectivity index (χ2v) is 9.00. The number of H-pyrrole nitrogens is 1. The summed E-state index contributed by atoms with van der Waals surface area (Å²) in [6.45, 7) is 1.79. The number of hydrogen-bond acceptors (Lipinski definition) is 6. The first-order valence-electron chi connectivity index (χ1n) is 9.97. The quantitative estimate of drug-likeness (QED) is 0.531. The van der Waals surface area contributed by atoms with Crippen LogP contribution in [0.1, 0.15) is 25.7 Å². The maximum atomic E-state index is 12.5. The molecule has 3 aromatic rings. The van der Waals surface area contributed by atoms with Crippen LogP contribution >= 0.6 is 0 Å². The van der Waals surface area contributed by atoms with Gasteiger partial charge in [-0.25, -0.2) is 18.2 Å². The number of sulfonamides is 1. The fourth-order valence-corrected chi connectivity index (χ4v) is 4.52. The molecular formula is C20H24N6O3S. The number of nitrogens with one attached hydrogen (secondary N) is 3. The summed E-state index contributed by atoms with van der Waals surface area (Å²) in [5.41, 5.74) is 0. The summed E-state index contributed by atoms with van der Waals surface area (Å²) in [7, 11) is -3.70. The summed E-state index contributed by atoms with van der Waals surface area (Å²) in [6, 6.07) is 12.5. The highest BCUT2D eigenvalue weighted by atomic mass is 32.2. The SMILES string of the molecule is O=C(CCNS(=O)(=O)c1ccc2ccccc2c1)Nc1nc(N2CCCCC2)n[nH]1. The van der Waals surface area contributed by atoms with Crippen molar-refractivity contribution in [1.82, 2.24) is 19.9 Å². The van der Waals surface area contributed by atoms with Crippen molar-refractivity contribution in [3.05, 3.63) is 42.5 Å². The van der Waals surface area contributed by atoms with E-state index < -0.39 is 10.0 Å². The van der Waals surface area contributed by atoms with E-state index >= 15 is 0 Å². The van der Waals surface area contributed by atoms with E-state index in [1.54, 1.807) is 18.2 Å². The van der Waals surface area contributed by atoms with Crippen molar-refractivity contribution in [2.24, 2.45) is 0 Å². The molecule has 1 aliphatic rings. The van der Waals surface area contributed by atoms with Gasteiger partial charge in [-0.2, -0.15) is 4.98 Å². The maximum Gasteiger partial charge on any atom is 0.246 e. The third-order valence-electron chi connectivity index (χ3n) is 5.05. The molecule has 0 saturated carbocycles. The molecule has 1 aliphatic heterocycles. The summed E-state index contributed by atoms with van der Waals surface area (Å²) in [5, 5.41) is 11.3. The first-order valence-corrected chi connectivity index (χ1v) is 11.5. The number of fused-ring (bicyclic) bond motifs is 1. The van der Waals surface area contributed by atoms with Crippen LogP contribution in [0.25, 0.3) is 10.8 Å². The predicted octanol–water partition coefficient (Wildman–Crippen LogP) is 2.26. The summed E-state index contributed by atoms with van der Waals surface area (Å²) in [6.07, 6.45) is 3.40. The van der Waals surface area contributed by atoms with Gasteiger partial charge in [-0.3, -0.25) is 10.1 Å². The number of hydrogen-bond donors (Lipinski definition) is 3. The van der Waals surface area contributed by atoms with E-state index in [-0.39, 0.29) is 29.7 Å². The number of anilines is 2. The van der Waals surface area contributed by atoms with E-state index in [0.29, 0.717) is 5.95 Å². The molecule has 0 radical (unpaired) electrons. The number of nitrogens with zero attached hydrogens (tertiary/aromatic N) is 3. The van der Waals surface area contributed by atoms with Gasteiger partial charge < -0.3 is 4.90 Å². The van der Waals surface area contributed by atoms with Crippen molar-refractivity contribution in [3.8, 4) is 0 Å². The Morgan fingerprint density at radius 1 is 1.07 bits per heavy atom. The summed E-state index contributed by atoms with van der Waals surface area (Å²) in [5.74, 6) is 0.484. The maximum absolute atomic E-state index is 12.5. The van der Waals surface area contributed by atoms with Gasteiger partial charge in [0, 0.05) is 26.1 Å². The molecule has 3 N–H and O–H groups in total. The van der Waals surface area contributed by atoms with Crippen LogP contribution < -0.4 is 14.9 Å². The van der Waals surface area contributed by atoms with Gasteiger partial charge in [-0.1, -0.05) is 30.3 Å². The summed E-state index contributed by atoms with van der Waals surface area (Å²) >= 11 is 0. The monoisotopic (exact) mass is 428 g/mol. The molecule has 0 aliphatic carbocycles. The lowest BCUT2D eigenvalue weighted by Crippen LogP contribution is -2.30. The van der Waals surface area contributed by atoms with E-state index in [2.05, 4.69) is 30.1 Å². The molecule has 1 amide bonds. The number of amides is 1. The zero-order valence-electron chi connectivity index (χ0n) is 16.5. The highest BCUT2D eigenvalue weighted by molar-refractivity contribution is 7.89. The lowest BCUT2D eigenvalue weighted by molar-refractivity contribution is -0.116. The Kier molecular flexibility index (Phi) is 5.96. The molecule has 0 unspecified atom stereocenters. The number of aromatic nitrogens is 3. The van der Waals surface area contributed by atoms with Crippen LogP contribution in [0.4, 0.5) is 11.9 Å². The number of rotatable bonds is 7. The second kappa shape index (κ2) is 8.80.